The van der Waals surface area contributed by atoms with Crippen molar-refractivity contribution in [3.8, 4) is 0 Å². The Labute approximate surface area is 124 Å². The Morgan fingerprint density at radius 2 is 2.21 bits per heavy atom. The molecule has 2 rings (SSSR count). The number of anilines is 1. The van der Waals surface area contributed by atoms with E-state index in [1.807, 2.05) is 30.5 Å². The molecule has 1 N–H and O–H groups in total. The number of hydrogen-bond donors (Lipinski definition) is 1. The summed E-state index contributed by atoms with van der Waals surface area (Å²) in [5.41, 5.74) is 2.62. The third-order valence-electron chi connectivity index (χ3n) is 2.78. The Hall–Kier alpha value is -1.33. The molecule has 1 heterocycles. The summed E-state index contributed by atoms with van der Waals surface area (Å²) >= 11 is 5.21. The third-order valence-corrected chi connectivity index (χ3v) is 4.70. The molecule has 19 heavy (non-hydrogen) atoms. The molecule has 0 aliphatic carbocycles. The van der Waals surface area contributed by atoms with E-state index in [4.69, 9.17) is 4.74 Å². The average Bonchev–Trinajstić information content (AvgIpc) is 2.82. The SMILES string of the molecule is COC(=O)c1ccc(NCc2sccc2Br)c(C)c1. The van der Waals surface area contributed by atoms with Crippen molar-refractivity contribution in [2.75, 3.05) is 12.4 Å². The number of nitrogens with one attached hydrogen (secondary N) is 1. The van der Waals surface area contributed by atoms with Crippen molar-refractivity contribution in [2.24, 2.45) is 0 Å². The summed E-state index contributed by atoms with van der Waals surface area (Å²) in [5.74, 6) is -0.310. The minimum absolute atomic E-state index is 0.310. The Morgan fingerprint density at radius 3 is 2.79 bits per heavy atom. The van der Waals surface area contributed by atoms with E-state index in [1.54, 1.807) is 17.4 Å². The van der Waals surface area contributed by atoms with Crippen LogP contribution in [0.5, 0.6) is 0 Å². The molecule has 0 unspecified atom stereocenters. The maximum atomic E-state index is 11.4. The Morgan fingerprint density at radius 1 is 1.42 bits per heavy atom. The van der Waals surface area contributed by atoms with E-state index in [-0.39, 0.29) is 5.97 Å². The smallest absolute Gasteiger partial charge is 0.337 e. The molecule has 3 nitrogen and oxygen atoms in total. The van der Waals surface area contributed by atoms with Crippen molar-refractivity contribution in [1.29, 1.82) is 0 Å². The molecule has 0 spiro atoms. The number of benzene rings is 1. The van der Waals surface area contributed by atoms with Gasteiger partial charge < -0.3 is 10.1 Å². The molecule has 2 aromatic rings. The number of esters is 1. The maximum Gasteiger partial charge on any atom is 0.337 e. The molecule has 0 aliphatic rings. The highest BCUT2D eigenvalue weighted by atomic mass is 79.9. The lowest BCUT2D eigenvalue weighted by molar-refractivity contribution is 0.0600. The highest BCUT2D eigenvalue weighted by Crippen LogP contribution is 2.24. The van der Waals surface area contributed by atoms with Crippen LogP contribution in [0.2, 0.25) is 0 Å². The van der Waals surface area contributed by atoms with Crippen molar-refractivity contribution in [1.82, 2.24) is 0 Å². The van der Waals surface area contributed by atoms with Gasteiger partial charge in [-0.25, -0.2) is 4.79 Å². The van der Waals surface area contributed by atoms with E-state index in [0.29, 0.717) is 5.56 Å². The summed E-state index contributed by atoms with van der Waals surface area (Å²) in [6.45, 7) is 2.73. The number of hydrogen-bond acceptors (Lipinski definition) is 4. The summed E-state index contributed by atoms with van der Waals surface area (Å²) in [6.07, 6.45) is 0. The summed E-state index contributed by atoms with van der Waals surface area (Å²) in [7, 11) is 1.39. The molecule has 0 radical (unpaired) electrons. The van der Waals surface area contributed by atoms with Gasteiger partial charge in [-0.3, -0.25) is 0 Å². The predicted molar refractivity (Wildman–Crippen MR) is 81.9 cm³/mol. The number of methoxy groups -OCH3 is 1. The quantitative estimate of drug-likeness (QED) is 0.847. The fourth-order valence-corrected chi connectivity index (χ4v) is 3.17. The van der Waals surface area contributed by atoms with Crippen molar-refractivity contribution in [2.45, 2.75) is 13.5 Å². The minimum Gasteiger partial charge on any atom is -0.465 e. The molecular formula is C14H14BrNO2S. The Bertz CT molecular complexity index is 595. The molecule has 0 fully saturated rings. The normalized spacial score (nSPS) is 10.3. The largest absolute Gasteiger partial charge is 0.465 e. The van der Waals surface area contributed by atoms with Gasteiger partial charge >= 0.3 is 5.97 Å². The van der Waals surface area contributed by atoms with Crippen LogP contribution in [0.3, 0.4) is 0 Å². The van der Waals surface area contributed by atoms with Gasteiger partial charge in [0.25, 0.3) is 0 Å². The number of aryl methyl sites for hydroxylation is 1. The molecule has 0 aliphatic heterocycles. The zero-order valence-corrected chi connectivity index (χ0v) is 13.1. The fourth-order valence-electron chi connectivity index (χ4n) is 1.73. The summed E-state index contributed by atoms with van der Waals surface area (Å²) < 4.78 is 5.82. The van der Waals surface area contributed by atoms with Crippen LogP contribution >= 0.6 is 27.3 Å². The van der Waals surface area contributed by atoms with Gasteiger partial charge in [-0.05, 0) is 58.1 Å². The number of carbonyl (C=O) groups excluding carboxylic acids is 1. The molecule has 1 aromatic carbocycles. The Kier molecular flexibility index (Phi) is 4.61. The van der Waals surface area contributed by atoms with E-state index in [9.17, 15) is 4.79 Å². The molecule has 1 aromatic heterocycles. The third kappa shape index (κ3) is 3.36. The van der Waals surface area contributed by atoms with E-state index >= 15 is 0 Å². The van der Waals surface area contributed by atoms with Gasteiger partial charge in [0.15, 0.2) is 0 Å². The summed E-state index contributed by atoms with van der Waals surface area (Å²) in [4.78, 5) is 12.7. The number of thiophene rings is 1. The van der Waals surface area contributed by atoms with Crippen LogP contribution in [0.25, 0.3) is 0 Å². The number of rotatable bonds is 4. The van der Waals surface area contributed by atoms with Crippen molar-refractivity contribution in [3.05, 3.63) is 50.1 Å². The first-order valence-corrected chi connectivity index (χ1v) is 7.44. The first kappa shape index (κ1) is 14.1. The second kappa shape index (κ2) is 6.21. The van der Waals surface area contributed by atoms with Gasteiger partial charge in [0.2, 0.25) is 0 Å². The average molecular weight is 340 g/mol. The van der Waals surface area contributed by atoms with E-state index in [0.717, 1.165) is 22.3 Å². The van der Waals surface area contributed by atoms with Gasteiger partial charge in [0.05, 0.1) is 19.2 Å². The number of ether oxygens (including phenoxy) is 1. The molecule has 0 saturated carbocycles. The van der Waals surface area contributed by atoms with Crippen molar-refractivity contribution >= 4 is 38.9 Å². The lowest BCUT2D eigenvalue weighted by atomic mass is 10.1. The molecule has 100 valence electrons. The topological polar surface area (TPSA) is 38.3 Å². The molecule has 0 bridgehead atoms. The van der Waals surface area contributed by atoms with Gasteiger partial charge in [0, 0.05) is 15.0 Å². The van der Waals surface area contributed by atoms with E-state index in [2.05, 4.69) is 21.2 Å². The van der Waals surface area contributed by atoms with Gasteiger partial charge in [-0.2, -0.15) is 0 Å². The van der Waals surface area contributed by atoms with Gasteiger partial charge in [-0.15, -0.1) is 11.3 Å². The predicted octanol–water partition coefficient (Wildman–Crippen LogP) is 4.22. The maximum absolute atomic E-state index is 11.4. The monoisotopic (exact) mass is 339 g/mol. The fraction of sp³-hybridized carbons (Fsp3) is 0.214. The number of halogens is 1. The molecular weight excluding hydrogens is 326 g/mol. The second-order valence-electron chi connectivity index (χ2n) is 4.07. The van der Waals surface area contributed by atoms with Gasteiger partial charge in [0.1, 0.15) is 0 Å². The van der Waals surface area contributed by atoms with Crippen LogP contribution in [-0.4, -0.2) is 13.1 Å². The summed E-state index contributed by atoms with van der Waals surface area (Å²) in [6, 6.07) is 7.54. The molecule has 0 amide bonds. The lowest BCUT2D eigenvalue weighted by Crippen LogP contribution is -2.04. The van der Waals surface area contributed by atoms with Crippen LogP contribution in [0, 0.1) is 6.92 Å². The van der Waals surface area contributed by atoms with Crippen LogP contribution in [0.4, 0.5) is 5.69 Å². The highest BCUT2D eigenvalue weighted by Gasteiger charge is 2.08. The standard InChI is InChI=1S/C14H14BrNO2S/c1-9-7-10(14(17)18-2)3-4-12(9)16-8-13-11(15)5-6-19-13/h3-7,16H,8H2,1-2H3. The Balaban J connectivity index is 2.09. The minimum atomic E-state index is -0.310. The first-order valence-electron chi connectivity index (χ1n) is 5.76. The summed E-state index contributed by atoms with van der Waals surface area (Å²) in [5, 5.41) is 5.42. The zero-order chi connectivity index (χ0) is 13.8. The van der Waals surface area contributed by atoms with Crippen LogP contribution in [0.15, 0.2) is 34.1 Å². The molecule has 0 atom stereocenters. The second-order valence-corrected chi connectivity index (χ2v) is 5.92. The van der Waals surface area contributed by atoms with Crippen molar-refractivity contribution in [3.63, 3.8) is 0 Å². The number of carbonyl (C=O) groups is 1. The van der Waals surface area contributed by atoms with E-state index < -0.39 is 0 Å². The zero-order valence-electron chi connectivity index (χ0n) is 10.7. The first-order chi connectivity index (χ1) is 9.11. The molecule has 5 heteroatoms. The van der Waals surface area contributed by atoms with E-state index in [1.165, 1.54) is 12.0 Å². The highest BCUT2D eigenvalue weighted by molar-refractivity contribution is 9.10. The molecule has 0 saturated heterocycles. The van der Waals surface area contributed by atoms with Crippen LogP contribution < -0.4 is 5.32 Å². The lowest BCUT2D eigenvalue weighted by Gasteiger charge is -2.10. The van der Waals surface area contributed by atoms with Crippen LogP contribution in [-0.2, 0) is 11.3 Å². The van der Waals surface area contributed by atoms with Crippen molar-refractivity contribution < 1.29 is 9.53 Å². The van der Waals surface area contributed by atoms with Crippen LogP contribution in [0.1, 0.15) is 20.8 Å². The van der Waals surface area contributed by atoms with Gasteiger partial charge in [-0.1, -0.05) is 0 Å².